The maximum Gasteiger partial charge on any atom is 0.326 e. The predicted octanol–water partition coefficient (Wildman–Crippen LogP) is -1.63. The van der Waals surface area contributed by atoms with Crippen LogP contribution in [0.3, 0.4) is 0 Å². The highest BCUT2D eigenvalue weighted by Gasteiger charge is 2.32. The fraction of sp³-hybridized carbons (Fsp3) is 0.409. The number of nitrogens with one attached hydrogen (secondary N) is 4. The van der Waals surface area contributed by atoms with Gasteiger partial charge in [-0.05, 0) is 18.9 Å². The average Bonchev–Trinajstić information content (AvgIpc) is 3.33. The number of nitrogens with two attached hydrogens (primary N) is 1. The number of aliphatic hydroxyl groups excluding tert-OH is 1. The van der Waals surface area contributed by atoms with Crippen molar-refractivity contribution in [2.45, 2.75) is 50.0 Å². The zero-order valence-electron chi connectivity index (χ0n) is 19.0. The second kappa shape index (κ2) is 13.5. The summed E-state index contributed by atoms with van der Waals surface area (Å²) in [5.41, 5.74) is 7.26. The molecule has 190 valence electrons. The van der Waals surface area contributed by atoms with Crippen LogP contribution in [0.2, 0.25) is 0 Å². The Kier molecular flexibility index (Phi) is 10.7. The quantitative estimate of drug-likeness (QED) is 0.148. The van der Waals surface area contributed by atoms with Crippen LogP contribution in [0.15, 0.2) is 42.9 Å². The molecule has 1 aromatic heterocycles. The maximum atomic E-state index is 12.8. The van der Waals surface area contributed by atoms with Gasteiger partial charge in [0.2, 0.25) is 17.7 Å². The number of carboxylic acids is 1. The lowest BCUT2D eigenvalue weighted by Gasteiger charge is -2.25. The molecule has 5 atom stereocenters. The number of aromatic amines is 1. The molecule has 0 spiro atoms. The molecule has 1 aromatic carbocycles. The monoisotopic (exact) mass is 506 g/mol. The van der Waals surface area contributed by atoms with Crippen molar-refractivity contribution in [2.75, 3.05) is 5.75 Å². The van der Waals surface area contributed by atoms with Gasteiger partial charge >= 0.3 is 5.97 Å². The molecule has 2 rings (SSSR count). The van der Waals surface area contributed by atoms with Crippen molar-refractivity contribution >= 4 is 36.3 Å². The summed E-state index contributed by atoms with van der Waals surface area (Å²) in [5, 5.41) is 26.6. The van der Waals surface area contributed by atoms with Crippen molar-refractivity contribution in [3.05, 3.63) is 54.1 Å². The summed E-state index contributed by atoms with van der Waals surface area (Å²) in [4.78, 5) is 56.1. The third-order valence-corrected chi connectivity index (χ3v) is 5.47. The SMILES string of the molecule is CC(O)C(NC(=O)C(N)Cc1ccccc1)C(=O)NC(CS)C(=O)NC(Cc1cnc[nH]1)C(=O)O. The minimum atomic E-state index is -1.40. The molecule has 8 N–H and O–H groups in total. The molecule has 0 aliphatic carbocycles. The van der Waals surface area contributed by atoms with E-state index in [1.165, 1.54) is 19.4 Å². The lowest BCUT2D eigenvalue weighted by molar-refractivity contribution is -0.142. The van der Waals surface area contributed by atoms with Gasteiger partial charge in [0.1, 0.15) is 18.1 Å². The Bertz CT molecular complexity index is 988. The van der Waals surface area contributed by atoms with Crippen LogP contribution in [-0.4, -0.2) is 79.9 Å². The van der Waals surface area contributed by atoms with Gasteiger partial charge in [-0.25, -0.2) is 9.78 Å². The highest BCUT2D eigenvalue weighted by Crippen LogP contribution is 2.04. The van der Waals surface area contributed by atoms with E-state index in [-0.39, 0.29) is 18.6 Å². The standard InChI is InChI=1S/C22H30N6O6S/c1-12(29)18(28-19(30)15(23)7-13-5-3-2-4-6-13)21(32)27-17(10-35)20(31)26-16(22(33)34)8-14-9-24-11-25-14/h2-6,9,11-12,15-18,29,35H,7-8,10,23H2,1H3,(H,24,25)(H,26,31)(H,27,32)(H,28,30)(H,33,34). The number of carbonyl (C=O) groups excluding carboxylic acids is 3. The number of aliphatic carboxylic acids is 1. The van der Waals surface area contributed by atoms with Crippen molar-refractivity contribution in [2.24, 2.45) is 5.73 Å². The zero-order chi connectivity index (χ0) is 26.0. The molecule has 0 radical (unpaired) electrons. The summed E-state index contributed by atoms with van der Waals surface area (Å²) in [6.07, 6.45) is 1.66. The van der Waals surface area contributed by atoms with Crippen LogP contribution in [-0.2, 0) is 32.0 Å². The van der Waals surface area contributed by atoms with Gasteiger partial charge in [0, 0.05) is 24.1 Å². The van der Waals surface area contributed by atoms with Crippen LogP contribution in [0.4, 0.5) is 0 Å². The number of nitrogens with zero attached hydrogens (tertiary/aromatic N) is 1. The van der Waals surface area contributed by atoms with Crippen LogP contribution in [0, 0.1) is 0 Å². The molecule has 0 saturated heterocycles. The molecular formula is C22H30N6O6S. The molecule has 5 unspecified atom stereocenters. The Balaban J connectivity index is 1.99. The number of hydrogen-bond donors (Lipinski definition) is 8. The highest BCUT2D eigenvalue weighted by molar-refractivity contribution is 7.80. The van der Waals surface area contributed by atoms with E-state index in [1.807, 2.05) is 6.07 Å². The molecule has 35 heavy (non-hydrogen) atoms. The fourth-order valence-electron chi connectivity index (χ4n) is 3.17. The lowest BCUT2D eigenvalue weighted by Crippen LogP contribution is -2.60. The first kappa shape index (κ1) is 27.8. The number of rotatable bonds is 13. The van der Waals surface area contributed by atoms with Crippen molar-refractivity contribution < 1.29 is 29.4 Å². The van der Waals surface area contributed by atoms with E-state index in [0.717, 1.165) is 5.56 Å². The van der Waals surface area contributed by atoms with Crippen molar-refractivity contribution in [1.82, 2.24) is 25.9 Å². The number of hydrogen-bond acceptors (Lipinski definition) is 8. The van der Waals surface area contributed by atoms with Gasteiger partial charge in [0.05, 0.1) is 18.5 Å². The number of aromatic nitrogens is 2. The second-order valence-corrected chi connectivity index (χ2v) is 8.31. The third kappa shape index (κ3) is 8.70. The van der Waals surface area contributed by atoms with Crippen LogP contribution in [0.1, 0.15) is 18.2 Å². The topological polar surface area (TPSA) is 200 Å². The molecule has 13 heteroatoms. The number of carbonyl (C=O) groups is 4. The number of carboxylic acid groups (broad SMARTS) is 1. The van der Waals surface area contributed by atoms with E-state index in [1.54, 1.807) is 24.3 Å². The molecule has 0 aliphatic heterocycles. The molecule has 1 heterocycles. The lowest BCUT2D eigenvalue weighted by atomic mass is 10.0. The van der Waals surface area contributed by atoms with Crippen molar-refractivity contribution in [1.29, 1.82) is 0 Å². The maximum absolute atomic E-state index is 12.8. The van der Waals surface area contributed by atoms with Gasteiger partial charge < -0.3 is 36.9 Å². The van der Waals surface area contributed by atoms with Gasteiger partial charge in [-0.1, -0.05) is 30.3 Å². The smallest absolute Gasteiger partial charge is 0.326 e. The van der Waals surface area contributed by atoms with Gasteiger partial charge in [0.25, 0.3) is 0 Å². The van der Waals surface area contributed by atoms with E-state index >= 15 is 0 Å². The Morgan fingerprint density at radius 2 is 1.69 bits per heavy atom. The van der Waals surface area contributed by atoms with E-state index in [9.17, 15) is 29.4 Å². The van der Waals surface area contributed by atoms with Crippen LogP contribution >= 0.6 is 12.6 Å². The van der Waals surface area contributed by atoms with Crippen LogP contribution < -0.4 is 21.7 Å². The van der Waals surface area contributed by atoms with E-state index in [0.29, 0.717) is 5.69 Å². The van der Waals surface area contributed by atoms with Crippen LogP contribution in [0.25, 0.3) is 0 Å². The fourth-order valence-corrected chi connectivity index (χ4v) is 3.43. The first-order valence-electron chi connectivity index (χ1n) is 10.8. The largest absolute Gasteiger partial charge is 0.480 e. The number of H-pyrrole nitrogens is 1. The average molecular weight is 507 g/mol. The molecular weight excluding hydrogens is 476 g/mol. The normalized spacial score (nSPS) is 15.2. The number of amides is 3. The van der Waals surface area contributed by atoms with Gasteiger partial charge in [-0.2, -0.15) is 12.6 Å². The first-order valence-corrected chi connectivity index (χ1v) is 11.4. The van der Waals surface area contributed by atoms with Crippen molar-refractivity contribution in [3.8, 4) is 0 Å². The highest BCUT2D eigenvalue weighted by atomic mass is 32.1. The predicted molar refractivity (Wildman–Crippen MR) is 129 cm³/mol. The Morgan fingerprint density at radius 1 is 1.03 bits per heavy atom. The Hall–Kier alpha value is -3.42. The second-order valence-electron chi connectivity index (χ2n) is 7.95. The molecule has 0 fully saturated rings. The molecule has 0 aliphatic rings. The minimum Gasteiger partial charge on any atom is -0.480 e. The molecule has 3 amide bonds. The number of thiol groups is 1. The van der Waals surface area contributed by atoms with Crippen LogP contribution in [0.5, 0.6) is 0 Å². The summed E-state index contributed by atoms with van der Waals surface area (Å²) in [5.74, 6) is -3.75. The summed E-state index contributed by atoms with van der Waals surface area (Å²) >= 11 is 4.06. The summed E-state index contributed by atoms with van der Waals surface area (Å²) in [7, 11) is 0. The van der Waals surface area contributed by atoms with Gasteiger partial charge in [-0.3, -0.25) is 14.4 Å². The number of aliphatic hydroxyl groups is 1. The Morgan fingerprint density at radius 3 is 2.23 bits per heavy atom. The van der Waals surface area contributed by atoms with Gasteiger partial charge in [-0.15, -0.1) is 0 Å². The first-order chi connectivity index (χ1) is 16.6. The van der Waals surface area contributed by atoms with Gasteiger partial charge in [0.15, 0.2) is 0 Å². The minimum absolute atomic E-state index is 0.0556. The van der Waals surface area contributed by atoms with E-state index in [2.05, 4.69) is 38.5 Å². The number of imidazole rings is 1. The summed E-state index contributed by atoms with van der Waals surface area (Å²) < 4.78 is 0. The zero-order valence-corrected chi connectivity index (χ0v) is 19.9. The Labute approximate surface area is 207 Å². The molecule has 0 bridgehead atoms. The summed E-state index contributed by atoms with van der Waals surface area (Å²) in [6.45, 7) is 1.30. The third-order valence-electron chi connectivity index (χ3n) is 5.11. The molecule has 12 nitrogen and oxygen atoms in total. The van der Waals surface area contributed by atoms with E-state index in [4.69, 9.17) is 5.73 Å². The number of benzene rings is 1. The molecule has 0 saturated carbocycles. The summed E-state index contributed by atoms with van der Waals surface area (Å²) in [6, 6.07) is 4.14. The van der Waals surface area contributed by atoms with Crippen molar-refractivity contribution in [3.63, 3.8) is 0 Å². The van der Waals surface area contributed by atoms with E-state index < -0.39 is 54.0 Å². The molecule has 2 aromatic rings.